The fraction of sp³-hybridized carbons (Fsp3) is 0.267. The van der Waals surface area contributed by atoms with Gasteiger partial charge in [0.15, 0.2) is 0 Å². The van der Waals surface area contributed by atoms with Crippen molar-refractivity contribution >= 4 is 5.91 Å². The first-order chi connectivity index (χ1) is 10.1. The second-order valence-corrected chi connectivity index (χ2v) is 4.94. The number of carbonyl (C=O) groups is 1. The van der Waals surface area contributed by atoms with Crippen molar-refractivity contribution in [1.29, 1.82) is 5.26 Å². The van der Waals surface area contributed by atoms with Crippen LogP contribution in [-0.2, 0) is 13.6 Å². The lowest BCUT2D eigenvalue weighted by Gasteiger charge is -2.19. The Hall–Kier alpha value is -2.81. The van der Waals surface area contributed by atoms with Crippen LogP contribution in [0.25, 0.3) is 0 Å². The highest BCUT2D eigenvalue weighted by molar-refractivity contribution is 5.99. The van der Waals surface area contributed by atoms with Crippen LogP contribution >= 0.6 is 0 Å². The van der Waals surface area contributed by atoms with E-state index in [4.69, 9.17) is 4.74 Å². The first-order valence-electron chi connectivity index (χ1n) is 6.50. The number of fused-ring (bicyclic) bond motifs is 1. The first kappa shape index (κ1) is 13.2. The minimum absolute atomic E-state index is 0.136. The summed E-state index contributed by atoms with van der Waals surface area (Å²) in [4.78, 5) is 14.0. The number of aryl methyl sites for hydroxylation is 1. The lowest BCUT2D eigenvalue weighted by Crippen LogP contribution is -2.26. The van der Waals surface area contributed by atoms with Crippen LogP contribution in [0, 0.1) is 11.3 Å². The van der Waals surface area contributed by atoms with Gasteiger partial charge in [0.05, 0.1) is 25.9 Å². The van der Waals surface area contributed by atoms with E-state index in [9.17, 15) is 10.1 Å². The fourth-order valence-electron chi connectivity index (χ4n) is 2.58. The summed E-state index contributed by atoms with van der Waals surface area (Å²) in [6.45, 7) is 0.363. The minimum Gasteiger partial charge on any atom is -0.497 e. The van der Waals surface area contributed by atoms with Crippen LogP contribution in [0.3, 0.4) is 0 Å². The van der Waals surface area contributed by atoms with Gasteiger partial charge in [-0.1, -0.05) is 0 Å². The number of nitrogens with zero attached hydrogens (tertiary/aromatic N) is 4. The Balaban J connectivity index is 1.96. The maximum Gasteiger partial charge on any atom is 0.255 e. The molecule has 21 heavy (non-hydrogen) atoms. The van der Waals surface area contributed by atoms with Crippen LogP contribution in [0.2, 0.25) is 0 Å². The molecule has 0 bridgehead atoms. The molecule has 0 saturated heterocycles. The molecule has 0 N–H and O–H groups in total. The third-order valence-electron chi connectivity index (χ3n) is 3.59. The van der Waals surface area contributed by atoms with Crippen LogP contribution in [0.1, 0.15) is 27.5 Å². The molecule has 1 unspecified atom stereocenters. The average molecular weight is 282 g/mol. The van der Waals surface area contributed by atoms with Crippen LogP contribution < -0.4 is 4.74 Å². The molecule has 2 aromatic rings. The molecule has 1 atom stereocenters. The van der Waals surface area contributed by atoms with Crippen LogP contribution in [-0.4, -0.2) is 27.7 Å². The molecule has 106 valence electrons. The Kier molecular flexibility index (Phi) is 3.10. The topological polar surface area (TPSA) is 71.2 Å². The predicted molar refractivity (Wildman–Crippen MR) is 74.4 cm³/mol. The van der Waals surface area contributed by atoms with E-state index in [0.29, 0.717) is 23.4 Å². The normalized spacial score (nSPS) is 16.7. The molecule has 6 heteroatoms. The van der Waals surface area contributed by atoms with E-state index in [1.807, 2.05) is 13.2 Å². The number of amides is 1. The Morgan fingerprint density at radius 2 is 2.29 bits per heavy atom. The zero-order chi connectivity index (χ0) is 15.0. The lowest BCUT2D eigenvalue weighted by atomic mass is 10.1. The van der Waals surface area contributed by atoms with Crippen LogP contribution in [0.5, 0.6) is 5.75 Å². The minimum atomic E-state index is -0.595. The van der Waals surface area contributed by atoms with Crippen molar-refractivity contribution in [2.45, 2.75) is 12.6 Å². The van der Waals surface area contributed by atoms with Crippen molar-refractivity contribution in [3.8, 4) is 11.8 Å². The molecule has 0 saturated carbocycles. The third-order valence-corrected chi connectivity index (χ3v) is 3.59. The molecule has 1 amide bonds. The summed E-state index contributed by atoms with van der Waals surface area (Å²) in [6, 6.07) is 6.81. The summed E-state index contributed by atoms with van der Waals surface area (Å²) < 4.78 is 6.85. The number of carbonyl (C=O) groups excluding carboxylic acids is 1. The zero-order valence-corrected chi connectivity index (χ0v) is 11.8. The van der Waals surface area contributed by atoms with Gasteiger partial charge in [-0.3, -0.25) is 9.48 Å². The van der Waals surface area contributed by atoms with Crippen molar-refractivity contribution in [3.63, 3.8) is 0 Å². The van der Waals surface area contributed by atoms with E-state index >= 15 is 0 Å². The molecule has 0 spiro atoms. The number of hydrogen-bond donors (Lipinski definition) is 0. The van der Waals surface area contributed by atoms with Crippen molar-refractivity contribution in [2.24, 2.45) is 7.05 Å². The molecule has 1 aromatic carbocycles. The molecule has 1 aromatic heterocycles. The van der Waals surface area contributed by atoms with Gasteiger partial charge in [-0.15, -0.1) is 0 Å². The Morgan fingerprint density at radius 3 is 2.90 bits per heavy atom. The van der Waals surface area contributed by atoms with Gasteiger partial charge in [-0.05, 0) is 18.2 Å². The number of nitriles is 1. The molecular weight excluding hydrogens is 268 g/mol. The summed E-state index contributed by atoms with van der Waals surface area (Å²) in [5.74, 6) is 0.507. The smallest absolute Gasteiger partial charge is 0.255 e. The second kappa shape index (κ2) is 4.94. The molecule has 0 radical (unpaired) electrons. The van der Waals surface area contributed by atoms with E-state index in [2.05, 4.69) is 11.2 Å². The molecule has 1 aliphatic heterocycles. The van der Waals surface area contributed by atoms with Gasteiger partial charge in [0.25, 0.3) is 5.91 Å². The SMILES string of the molecule is COc1ccc2c(c1)C(C#N)N(Cc1cnn(C)c1)C2=O. The van der Waals surface area contributed by atoms with Crippen molar-refractivity contribution < 1.29 is 9.53 Å². The molecule has 3 rings (SSSR count). The highest BCUT2D eigenvalue weighted by atomic mass is 16.5. The lowest BCUT2D eigenvalue weighted by molar-refractivity contribution is 0.0744. The highest BCUT2D eigenvalue weighted by Gasteiger charge is 2.37. The number of aromatic nitrogens is 2. The van der Waals surface area contributed by atoms with Crippen LogP contribution in [0.4, 0.5) is 0 Å². The molecule has 1 aliphatic rings. The number of hydrogen-bond acceptors (Lipinski definition) is 4. The maximum absolute atomic E-state index is 12.5. The largest absolute Gasteiger partial charge is 0.497 e. The van der Waals surface area contributed by atoms with Gasteiger partial charge in [0.2, 0.25) is 0 Å². The summed E-state index contributed by atoms with van der Waals surface area (Å²) in [5.41, 5.74) is 2.16. The number of methoxy groups -OCH3 is 1. The fourth-order valence-corrected chi connectivity index (χ4v) is 2.58. The highest BCUT2D eigenvalue weighted by Crippen LogP contribution is 2.36. The Morgan fingerprint density at radius 1 is 1.48 bits per heavy atom. The summed E-state index contributed by atoms with van der Waals surface area (Å²) in [5, 5.41) is 13.5. The standard InChI is InChI=1S/C15H14N4O2/c1-18-8-10(7-17-18)9-19-14(6-16)13-5-11(21-2)3-4-12(13)15(19)20/h3-5,7-8,14H,9H2,1-2H3. The van der Waals surface area contributed by atoms with Gasteiger partial charge >= 0.3 is 0 Å². The van der Waals surface area contributed by atoms with Crippen molar-refractivity contribution in [1.82, 2.24) is 14.7 Å². The summed E-state index contributed by atoms with van der Waals surface area (Å²) in [7, 11) is 3.38. The second-order valence-electron chi connectivity index (χ2n) is 4.94. The molecule has 2 heterocycles. The van der Waals surface area contributed by atoms with Gasteiger partial charge < -0.3 is 9.64 Å². The molecule has 0 aliphatic carbocycles. The molecular formula is C15H14N4O2. The van der Waals surface area contributed by atoms with E-state index in [1.165, 1.54) is 0 Å². The maximum atomic E-state index is 12.5. The van der Waals surface area contributed by atoms with Crippen molar-refractivity contribution in [3.05, 3.63) is 47.3 Å². The van der Waals surface area contributed by atoms with Crippen LogP contribution in [0.15, 0.2) is 30.6 Å². The van der Waals surface area contributed by atoms with E-state index in [0.717, 1.165) is 5.56 Å². The third kappa shape index (κ3) is 2.13. The predicted octanol–water partition coefficient (Wildman–Crippen LogP) is 1.65. The first-order valence-corrected chi connectivity index (χ1v) is 6.50. The summed E-state index contributed by atoms with van der Waals surface area (Å²) in [6.07, 6.45) is 3.54. The van der Waals surface area contributed by atoms with Gasteiger partial charge in [-0.25, -0.2) is 0 Å². The quantitative estimate of drug-likeness (QED) is 0.858. The Labute approximate surface area is 122 Å². The molecule has 6 nitrogen and oxygen atoms in total. The number of rotatable bonds is 3. The van der Waals surface area contributed by atoms with E-state index < -0.39 is 6.04 Å². The number of benzene rings is 1. The Bertz CT molecular complexity index is 744. The number of ether oxygens (including phenoxy) is 1. The summed E-state index contributed by atoms with van der Waals surface area (Å²) >= 11 is 0. The van der Waals surface area contributed by atoms with E-state index in [-0.39, 0.29) is 5.91 Å². The van der Waals surface area contributed by atoms with Crippen molar-refractivity contribution in [2.75, 3.05) is 7.11 Å². The zero-order valence-electron chi connectivity index (χ0n) is 11.8. The average Bonchev–Trinajstić information content (AvgIpc) is 3.01. The van der Waals surface area contributed by atoms with Gasteiger partial charge in [0.1, 0.15) is 11.8 Å². The van der Waals surface area contributed by atoms with Gasteiger partial charge in [-0.2, -0.15) is 10.4 Å². The van der Waals surface area contributed by atoms with Gasteiger partial charge in [0, 0.05) is 29.9 Å². The monoisotopic (exact) mass is 282 g/mol. The molecule has 0 fully saturated rings. The van der Waals surface area contributed by atoms with E-state index in [1.54, 1.807) is 41.1 Å².